The summed E-state index contributed by atoms with van der Waals surface area (Å²) in [7, 11) is 0. The average Bonchev–Trinajstić information content (AvgIpc) is 2.46. The summed E-state index contributed by atoms with van der Waals surface area (Å²) in [6.45, 7) is -0.662. The smallest absolute Gasteiger partial charge is 0.387 e. The van der Waals surface area contributed by atoms with Crippen LogP contribution >= 0.6 is 0 Å². The van der Waals surface area contributed by atoms with Gasteiger partial charge in [0.05, 0.1) is 13.2 Å². The van der Waals surface area contributed by atoms with Gasteiger partial charge in [0.15, 0.2) is 0 Å². The number of hydrogen-bond donors (Lipinski definition) is 2. The van der Waals surface area contributed by atoms with Crippen LogP contribution in [0.3, 0.4) is 0 Å². The van der Waals surface area contributed by atoms with Gasteiger partial charge in [-0.25, -0.2) is 0 Å². The van der Waals surface area contributed by atoms with Crippen LogP contribution in [0.1, 0.15) is 12.0 Å². The Morgan fingerprint density at radius 2 is 2.38 bits per heavy atom. The first-order valence-electron chi connectivity index (χ1n) is 6.75. The molecule has 0 bridgehead atoms. The lowest BCUT2D eigenvalue weighted by Crippen LogP contribution is -2.44. The van der Waals surface area contributed by atoms with Gasteiger partial charge in [0.2, 0.25) is 5.91 Å². The van der Waals surface area contributed by atoms with E-state index >= 15 is 0 Å². The van der Waals surface area contributed by atoms with E-state index < -0.39 is 6.61 Å². The minimum absolute atomic E-state index is 0.0206. The van der Waals surface area contributed by atoms with Gasteiger partial charge in [-0.2, -0.15) is 8.78 Å². The van der Waals surface area contributed by atoms with E-state index in [-0.39, 0.29) is 24.2 Å². The van der Waals surface area contributed by atoms with Gasteiger partial charge in [0, 0.05) is 25.6 Å². The molecule has 1 aliphatic rings. The van der Waals surface area contributed by atoms with Gasteiger partial charge in [-0.1, -0.05) is 12.1 Å². The number of benzene rings is 1. The number of amides is 1. The number of carbonyl (C=O) groups excluding carboxylic acids is 1. The van der Waals surface area contributed by atoms with Gasteiger partial charge in [-0.15, -0.1) is 0 Å². The molecule has 21 heavy (non-hydrogen) atoms. The monoisotopic (exact) mass is 300 g/mol. The maximum Gasteiger partial charge on any atom is 0.387 e. The Balaban J connectivity index is 1.77. The molecule has 0 spiro atoms. The lowest BCUT2D eigenvalue weighted by molar-refractivity contribution is -0.122. The summed E-state index contributed by atoms with van der Waals surface area (Å²) in [6.07, 6.45) is 0.327. The SMILES string of the molecule is O=C(CC1COCCN1)NCc1cccc(OC(F)F)c1. The standard InChI is InChI=1S/C14H18F2N2O3/c15-14(16)21-12-3-1-2-10(6-12)8-18-13(19)7-11-9-20-5-4-17-11/h1-3,6,11,14,17H,4-5,7-9H2,(H,18,19). The van der Waals surface area contributed by atoms with Crippen LogP contribution in [0.15, 0.2) is 24.3 Å². The molecule has 1 amide bonds. The van der Waals surface area contributed by atoms with Gasteiger partial charge in [0.25, 0.3) is 0 Å². The van der Waals surface area contributed by atoms with E-state index in [0.717, 1.165) is 6.54 Å². The summed E-state index contributed by atoms with van der Waals surface area (Å²) in [5.41, 5.74) is 0.703. The van der Waals surface area contributed by atoms with Crippen LogP contribution < -0.4 is 15.4 Å². The topological polar surface area (TPSA) is 59.6 Å². The van der Waals surface area contributed by atoms with Crippen molar-refractivity contribution in [2.24, 2.45) is 0 Å². The van der Waals surface area contributed by atoms with Crippen molar-refractivity contribution in [3.05, 3.63) is 29.8 Å². The predicted octanol–water partition coefficient (Wildman–Crippen LogP) is 1.28. The molecule has 0 radical (unpaired) electrons. The molecule has 116 valence electrons. The van der Waals surface area contributed by atoms with E-state index in [1.807, 2.05) is 0 Å². The van der Waals surface area contributed by atoms with Gasteiger partial charge >= 0.3 is 6.61 Å². The minimum Gasteiger partial charge on any atom is -0.435 e. The van der Waals surface area contributed by atoms with Crippen molar-refractivity contribution in [3.8, 4) is 5.75 Å². The predicted molar refractivity (Wildman–Crippen MR) is 72.1 cm³/mol. The number of rotatable bonds is 6. The van der Waals surface area contributed by atoms with Crippen molar-refractivity contribution in [1.29, 1.82) is 0 Å². The van der Waals surface area contributed by atoms with Crippen LogP contribution in [0, 0.1) is 0 Å². The molecule has 1 aliphatic heterocycles. The highest BCUT2D eigenvalue weighted by Gasteiger charge is 2.16. The number of alkyl halides is 2. The molecule has 2 rings (SSSR count). The van der Waals surface area contributed by atoms with E-state index in [4.69, 9.17) is 4.74 Å². The molecule has 1 saturated heterocycles. The number of ether oxygens (including phenoxy) is 2. The Morgan fingerprint density at radius 1 is 1.52 bits per heavy atom. The molecule has 5 nitrogen and oxygen atoms in total. The lowest BCUT2D eigenvalue weighted by Gasteiger charge is -2.23. The third kappa shape index (κ3) is 5.65. The summed E-state index contributed by atoms with van der Waals surface area (Å²) >= 11 is 0. The van der Waals surface area contributed by atoms with Crippen LogP contribution in [0.4, 0.5) is 8.78 Å². The summed E-state index contributed by atoms with van der Waals surface area (Å²) in [4.78, 5) is 11.8. The first-order chi connectivity index (χ1) is 10.1. The normalized spacial score (nSPS) is 18.5. The molecule has 1 atom stereocenters. The van der Waals surface area contributed by atoms with Crippen molar-refractivity contribution in [1.82, 2.24) is 10.6 Å². The maximum absolute atomic E-state index is 12.1. The van der Waals surface area contributed by atoms with Crippen LogP contribution in [-0.4, -0.2) is 38.3 Å². The van der Waals surface area contributed by atoms with Gasteiger partial charge in [0.1, 0.15) is 5.75 Å². The number of hydrogen-bond acceptors (Lipinski definition) is 4. The molecular formula is C14H18F2N2O3. The lowest BCUT2D eigenvalue weighted by atomic mass is 10.1. The number of carbonyl (C=O) groups is 1. The van der Waals surface area contributed by atoms with Crippen LogP contribution in [0.5, 0.6) is 5.75 Å². The highest BCUT2D eigenvalue weighted by molar-refractivity contribution is 5.76. The van der Waals surface area contributed by atoms with Crippen molar-refractivity contribution >= 4 is 5.91 Å². The molecule has 0 saturated carbocycles. The summed E-state index contributed by atoms with van der Waals surface area (Å²) in [5.74, 6) is -0.0303. The van der Waals surface area contributed by atoms with Crippen LogP contribution in [0.2, 0.25) is 0 Å². The van der Waals surface area contributed by atoms with Crippen LogP contribution in [0.25, 0.3) is 0 Å². The molecule has 2 N–H and O–H groups in total. The Kier molecular flexibility index (Phi) is 5.89. The van der Waals surface area contributed by atoms with Gasteiger partial charge in [-0.3, -0.25) is 4.79 Å². The van der Waals surface area contributed by atoms with Crippen LogP contribution in [-0.2, 0) is 16.1 Å². The maximum atomic E-state index is 12.1. The Bertz CT molecular complexity index is 465. The quantitative estimate of drug-likeness (QED) is 0.831. The molecule has 7 heteroatoms. The highest BCUT2D eigenvalue weighted by atomic mass is 19.3. The number of nitrogens with one attached hydrogen (secondary N) is 2. The zero-order valence-corrected chi connectivity index (χ0v) is 11.5. The molecule has 1 heterocycles. The van der Waals surface area contributed by atoms with Crippen molar-refractivity contribution in [3.63, 3.8) is 0 Å². The molecule has 0 aromatic heterocycles. The molecule has 1 aromatic rings. The van der Waals surface area contributed by atoms with Crippen molar-refractivity contribution in [2.45, 2.75) is 25.6 Å². The Morgan fingerprint density at radius 3 is 3.10 bits per heavy atom. The van der Waals surface area contributed by atoms with E-state index in [9.17, 15) is 13.6 Å². The first-order valence-corrected chi connectivity index (χ1v) is 6.75. The van der Waals surface area contributed by atoms with E-state index in [2.05, 4.69) is 15.4 Å². The molecular weight excluding hydrogens is 282 g/mol. The second-order valence-electron chi connectivity index (χ2n) is 4.73. The minimum atomic E-state index is -2.85. The largest absolute Gasteiger partial charge is 0.435 e. The van der Waals surface area contributed by atoms with Gasteiger partial charge < -0.3 is 20.1 Å². The fourth-order valence-corrected chi connectivity index (χ4v) is 2.08. The molecule has 0 aliphatic carbocycles. The number of halogens is 2. The molecule has 1 fully saturated rings. The van der Waals surface area contributed by atoms with E-state index in [0.29, 0.717) is 25.2 Å². The average molecular weight is 300 g/mol. The fraction of sp³-hybridized carbons (Fsp3) is 0.500. The summed E-state index contributed by atoms with van der Waals surface area (Å²) < 4.78 is 33.8. The third-order valence-corrected chi connectivity index (χ3v) is 3.04. The highest BCUT2D eigenvalue weighted by Crippen LogP contribution is 2.15. The van der Waals surface area contributed by atoms with Gasteiger partial charge in [-0.05, 0) is 17.7 Å². The third-order valence-electron chi connectivity index (χ3n) is 3.04. The zero-order valence-electron chi connectivity index (χ0n) is 11.5. The van der Waals surface area contributed by atoms with E-state index in [1.54, 1.807) is 12.1 Å². The molecule has 1 aromatic carbocycles. The second-order valence-corrected chi connectivity index (χ2v) is 4.73. The summed E-state index contributed by atoms with van der Waals surface area (Å²) in [6, 6.07) is 6.29. The zero-order chi connectivity index (χ0) is 15.1. The molecule has 1 unspecified atom stereocenters. The second kappa shape index (κ2) is 7.90. The summed E-state index contributed by atoms with van der Waals surface area (Å²) in [5, 5.41) is 5.94. The Hall–Kier alpha value is -1.73. The van der Waals surface area contributed by atoms with Crippen molar-refractivity contribution < 1.29 is 23.0 Å². The van der Waals surface area contributed by atoms with E-state index in [1.165, 1.54) is 12.1 Å². The first kappa shape index (κ1) is 15.7. The fourth-order valence-electron chi connectivity index (χ4n) is 2.08. The Labute approximate surface area is 121 Å². The van der Waals surface area contributed by atoms with Crippen molar-refractivity contribution in [2.75, 3.05) is 19.8 Å². The number of morpholine rings is 1.